The van der Waals surface area contributed by atoms with Gasteiger partial charge in [0.1, 0.15) is 5.82 Å². The second kappa shape index (κ2) is 8.21. The lowest BCUT2D eigenvalue weighted by molar-refractivity contribution is -0.119. The van der Waals surface area contributed by atoms with Crippen LogP contribution in [0.15, 0.2) is 53.9 Å². The Bertz CT molecular complexity index is 1030. The number of carbonyl (C=O) groups excluding carboxylic acids is 2. The highest BCUT2D eigenvalue weighted by molar-refractivity contribution is 7.14. The molecule has 0 spiro atoms. The zero-order valence-electron chi connectivity index (χ0n) is 13.8. The van der Waals surface area contributed by atoms with Gasteiger partial charge in [-0.25, -0.2) is 14.2 Å². The van der Waals surface area contributed by atoms with E-state index in [-0.39, 0.29) is 11.1 Å². The van der Waals surface area contributed by atoms with Crippen LogP contribution in [-0.4, -0.2) is 23.5 Å². The van der Waals surface area contributed by atoms with Crippen LogP contribution in [0, 0.1) is 17.1 Å². The van der Waals surface area contributed by atoms with Gasteiger partial charge in [0.15, 0.2) is 11.7 Å². The Morgan fingerprint density at radius 3 is 2.70 bits per heavy atom. The van der Waals surface area contributed by atoms with Crippen LogP contribution in [-0.2, 0) is 9.53 Å². The monoisotopic (exact) mass is 381 g/mol. The summed E-state index contributed by atoms with van der Waals surface area (Å²) in [6.45, 7) is -0.585. The Hall–Kier alpha value is -3.57. The van der Waals surface area contributed by atoms with Crippen molar-refractivity contribution in [2.75, 3.05) is 11.9 Å². The van der Waals surface area contributed by atoms with E-state index in [0.717, 1.165) is 17.7 Å². The SMILES string of the molecule is N#Cc1ccc(C(=O)OCC(=O)Nc2nc(-c3ccccc3)cs2)c(F)c1. The summed E-state index contributed by atoms with van der Waals surface area (Å²) in [6.07, 6.45) is 0. The van der Waals surface area contributed by atoms with Gasteiger partial charge in [-0.15, -0.1) is 11.3 Å². The van der Waals surface area contributed by atoms with Gasteiger partial charge in [0.05, 0.1) is 22.9 Å². The first-order valence-corrected chi connectivity index (χ1v) is 8.62. The number of anilines is 1. The lowest BCUT2D eigenvalue weighted by Gasteiger charge is -2.05. The van der Waals surface area contributed by atoms with Gasteiger partial charge in [-0.2, -0.15) is 5.26 Å². The predicted molar refractivity (Wildman–Crippen MR) is 97.6 cm³/mol. The molecule has 0 radical (unpaired) electrons. The maximum absolute atomic E-state index is 13.8. The first-order chi connectivity index (χ1) is 13.1. The van der Waals surface area contributed by atoms with Crippen LogP contribution < -0.4 is 5.32 Å². The molecule has 6 nitrogen and oxygen atoms in total. The first-order valence-electron chi connectivity index (χ1n) is 7.74. The van der Waals surface area contributed by atoms with Gasteiger partial charge >= 0.3 is 5.97 Å². The number of halogens is 1. The molecule has 1 aromatic heterocycles. The lowest BCUT2D eigenvalue weighted by atomic mass is 10.1. The summed E-state index contributed by atoms with van der Waals surface area (Å²) < 4.78 is 18.6. The Kier molecular flexibility index (Phi) is 5.54. The maximum Gasteiger partial charge on any atom is 0.341 e. The van der Waals surface area contributed by atoms with Crippen LogP contribution in [0.1, 0.15) is 15.9 Å². The third-order valence-electron chi connectivity index (χ3n) is 3.47. The van der Waals surface area contributed by atoms with E-state index in [1.807, 2.05) is 30.3 Å². The number of thiazole rings is 1. The third kappa shape index (κ3) is 4.54. The number of hydrogen-bond donors (Lipinski definition) is 1. The fourth-order valence-electron chi connectivity index (χ4n) is 2.19. The van der Waals surface area contributed by atoms with Crippen LogP contribution in [0.4, 0.5) is 9.52 Å². The minimum absolute atomic E-state index is 0.0831. The number of aromatic nitrogens is 1. The van der Waals surface area contributed by atoms with Gasteiger partial charge in [0, 0.05) is 10.9 Å². The fourth-order valence-corrected chi connectivity index (χ4v) is 2.92. The van der Waals surface area contributed by atoms with Gasteiger partial charge in [0.25, 0.3) is 5.91 Å². The number of carbonyl (C=O) groups is 2. The van der Waals surface area contributed by atoms with Crippen LogP contribution >= 0.6 is 11.3 Å². The molecular weight excluding hydrogens is 369 g/mol. The first kappa shape index (κ1) is 18.2. The van der Waals surface area contributed by atoms with E-state index in [1.165, 1.54) is 17.4 Å². The van der Waals surface area contributed by atoms with Gasteiger partial charge in [0.2, 0.25) is 0 Å². The molecule has 0 unspecified atom stereocenters. The van der Waals surface area contributed by atoms with Crippen LogP contribution in [0.3, 0.4) is 0 Å². The molecule has 1 N–H and O–H groups in total. The van der Waals surface area contributed by atoms with Crippen LogP contribution in [0.5, 0.6) is 0 Å². The van der Waals surface area contributed by atoms with Gasteiger partial charge in [-0.3, -0.25) is 10.1 Å². The number of nitrogens with zero attached hydrogens (tertiary/aromatic N) is 2. The maximum atomic E-state index is 13.8. The molecule has 0 aliphatic heterocycles. The topological polar surface area (TPSA) is 92.1 Å². The van der Waals surface area contributed by atoms with E-state index in [1.54, 1.807) is 11.4 Å². The molecule has 134 valence electrons. The summed E-state index contributed by atoms with van der Waals surface area (Å²) in [5, 5.41) is 13.4. The minimum atomic E-state index is -0.990. The van der Waals surface area contributed by atoms with Crippen molar-refractivity contribution in [2.24, 2.45) is 0 Å². The van der Waals surface area contributed by atoms with E-state index in [0.29, 0.717) is 10.8 Å². The Labute approximate surface area is 157 Å². The van der Waals surface area contributed by atoms with E-state index < -0.39 is 24.3 Å². The number of ether oxygens (including phenoxy) is 1. The quantitative estimate of drug-likeness (QED) is 0.682. The molecule has 27 heavy (non-hydrogen) atoms. The molecule has 0 bridgehead atoms. The number of hydrogen-bond acceptors (Lipinski definition) is 6. The summed E-state index contributed by atoms with van der Waals surface area (Å²) in [5.74, 6) is -2.46. The number of nitrogens with one attached hydrogen (secondary N) is 1. The van der Waals surface area contributed by atoms with Gasteiger partial charge < -0.3 is 4.74 Å². The molecule has 1 amide bonds. The average Bonchev–Trinajstić information content (AvgIpc) is 3.15. The zero-order valence-corrected chi connectivity index (χ0v) is 14.6. The number of benzene rings is 2. The second-order valence-electron chi connectivity index (χ2n) is 5.33. The van der Waals surface area contributed by atoms with Crippen LogP contribution in [0.2, 0.25) is 0 Å². The van der Waals surface area contributed by atoms with E-state index >= 15 is 0 Å². The normalized spacial score (nSPS) is 10.1. The highest BCUT2D eigenvalue weighted by Crippen LogP contribution is 2.24. The molecule has 8 heteroatoms. The standard InChI is InChI=1S/C19H12FN3O3S/c20-15-8-12(9-21)6-7-14(15)18(25)26-10-17(24)23-19-22-16(11-27-19)13-4-2-1-3-5-13/h1-8,11H,10H2,(H,22,23,24). The zero-order chi connectivity index (χ0) is 19.2. The van der Waals surface area contributed by atoms with E-state index in [2.05, 4.69) is 10.3 Å². The average molecular weight is 381 g/mol. The highest BCUT2D eigenvalue weighted by atomic mass is 32.1. The Balaban J connectivity index is 1.56. The van der Waals surface area contributed by atoms with Crippen molar-refractivity contribution < 1.29 is 18.7 Å². The molecule has 0 saturated carbocycles. The van der Waals surface area contributed by atoms with Crippen molar-refractivity contribution in [1.29, 1.82) is 5.26 Å². The number of amides is 1. The number of rotatable bonds is 5. The Morgan fingerprint density at radius 1 is 1.22 bits per heavy atom. The summed E-state index contributed by atoms with van der Waals surface area (Å²) in [7, 11) is 0. The molecule has 0 aliphatic rings. The van der Waals surface area contributed by atoms with Crippen molar-refractivity contribution in [2.45, 2.75) is 0 Å². The highest BCUT2D eigenvalue weighted by Gasteiger charge is 2.16. The van der Waals surface area contributed by atoms with Crippen molar-refractivity contribution >= 4 is 28.3 Å². The number of nitriles is 1. The largest absolute Gasteiger partial charge is 0.452 e. The van der Waals surface area contributed by atoms with Crippen molar-refractivity contribution in [3.8, 4) is 17.3 Å². The molecule has 0 saturated heterocycles. The van der Waals surface area contributed by atoms with Gasteiger partial charge in [-0.05, 0) is 18.2 Å². The minimum Gasteiger partial charge on any atom is -0.452 e. The molecule has 0 fully saturated rings. The predicted octanol–water partition coefficient (Wildman–Crippen LogP) is 3.62. The van der Waals surface area contributed by atoms with Crippen LogP contribution in [0.25, 0.3) is 11.3 Å². The van der Waals surface area contributed by atoms with E-state index in [9.17, 15) is 14.0 Å². The van der Waals surface area contributed by atoms with E-state index in [4.69, 9.17) is 10.00 Å². The smallest absolute Gasteiger partial charge is 0.341 e. The third-order valence-corrected chi connectivity index (χ3v) is 4.23. The summed E-state index contributed by atoms with van der Waals surface area (Å²) in [6, 6.07) is 14.6. The molecule has 3 rings (SSSR count). The molecule has 1 heterocycles. The van der Waals surface area contributed by atoms with Gasteiger partial charge in [-0.1, -0.05) is 30.3 Å². The molecule has 2 aromatic carbocycles. The Morgan fingerprint density at radius 2 is 2.00 bits per heavy atom. The van der Waals surface area contributed by atoms with Crippen molar-refractivity contribution in [3.05, 3.63) is 70.9 Å². The summed E-state index contributed by atoms with van der Waals surface area (Å²) in [5.41, 5.74) is 1.37. The number of esters is 1. The molecule has 0 aliphatic carbocycles. The fraction of sp³-hybridized carbons (Fsp3) is 0.0526. The van der Waals surface area contributed by atoms with Crippen molar-refractivity contribution in [3.63, 3.8) is 0 Å². The summed E-state index contributed by atoms with van der Waals surface area (Å²) in [4.78, 5) is 28.1. The summed E-state index contributed by atoms with van der Waals surface area (Å²) >= 11 is 1.24. The second-order valence-corrected chi connectivity index (χ2v) is 6.19. The molecular formula is C19H12FN3O3S. The lowest BCUT2D eigenvalue weighted by Crippen LogP contribution is -2.21. The molecule has 0 atom stereocenters. The molecule has 3 aromatic rings. The van der Waals surface area contributed by atoms with Crippen molar-refractivity contribution in [1.82, 2.24) is 4.98 Å².